The van der Waals surface area contributed by atoms with E-state index in [1.165, 1.54) is 57.9 Å². The molecule has 23 heavy (non-hydrogen) atoms. The SMILES string of the molecule is COC1CC2C3CCC4CNC43CCC2C2(C)CC[C@@H](C)C[C@H]12. The quantitative estimate of drug-likeness (QED) is 0.781. The summed E-state index contributed by atoms with van der Waals surface area (Å²) in [6.07, 6.45) is 12.1. The number of hydrogen-bond acceptors (Lipinski definition) is 2. The van der Waals surface area contributed by atoms with Gasteiger partial charge in [0.25, 0.3) is 0 Å². The molecule has 1 N–H and O–H groups in total. The average molecular weight is 318 g/mol. The van der Waals surface area contributed by atoms with Crippen molar-refractivity contribution < 1.29 is 4.74 Å². The van der Waals surface area contributed by atoms with Gasteiger partial charge in [-0.05, 0) is 85.9 Å². The third-order valence-electron chi connectivity index (χ3n) is 9.58. The molecule has 0 aromatic rings. The van der Waals surface area contributed by atoms with E-state index in [-0.39, 0.29) is 0 Å². The van der Waals surface area contributed by atoms with Gasteiger partial charge in [-0.1, -0.05) is 20.3 Å². The van der Waals surface area contributed by atoms with Crippen molar-refractivity contribution in [3.05, 3.63) is 0 Å². The van der Waals surface area contributed by atoms with Gasteiger partial charge >= 0.3 is 0 Å². The molecule has 4 saturated carbocycles. The van der Waals surface area contributed by atoms with E-state index in [0.717, 1.165) is 35.5 Å². The lowest BCUT2D eigenvalue weighted by Crippen LogP contribution is -2.70. The summed E-state index contributed by atoms with van der Waals surface area (Å²) in [5, 5.41) is 3.94. The minimum Gasteiger partial charge on any atom is -0.381 e. The van der Waals surface area contributed by atoms with Crippen LogP contribution >= 0.6 is 0 Å². The van der Waals surface area contributed by atoms with Crippen molar-refractivity contribution in [1.29, 1.82) is 0 Å². The predicted octanol–water partition coefficient (Wildman–Crippen LogP) is 4.24. The molecule has 130 valence electrons. The first-order chi connectivity index (χ1) is 11.1. The maximum atomic E-state index is 6.13. The first-order valence-electron chi connectivity index (χ1n) is 10.4. The lowest BCUT2D eigenvalue weighted by molar-refractivity contribution is -0.171. The van der Waals surface area contributed by atoms with Crippen molar-refractivity contribution in [2.75, 3.05) is 13.7 Å². The van der Waals surface area contributed by atoms with Crippen LogP contribution in [0.25, 0.3) is 0 Å². The summed E-state index contributed by atoms with van der Waals surface area (Å²) in [5.74, 6) is 5.59. The zero-order valence-electron chi connectivity index (χ0n) is 15.3. The normalized spacial score (nSPS) is 60.9. The average Bonchev–Trinajstić information content (AvgIpc) is 2.79. The molecule has 5 rings (SSSR count). The van der Waals surface area contributed by atoms with E-state index < -0.39 is 0 Å². The summed E-state index contributed by atoms with van der Waals surface area (Å²) < 4.78 is 6.13. The van der Waals surface area contributed by atoms with Gasteiger partial charge in [0, 0.05) is 19.2 Å². The number of rotatable bonds is 1. The second kappa shape index (κ2) is 4.97. The number of methoxy groups -OCH3 is 1. The van der Waals surface area contributed by atoms with Crippen molar-refractivity contribution in [3.8, 4) is 0 Å². The van der Waals surface area contributed by atoms with Crippen molar-refractivity contribution in [1.82, 2.24) is 5.32 Å². The third-order valence-corrected chi connectivity index (χ3v) is 9.58. The molecule has 1 aliphatic heterocycles. The fourth-order valence-electron chi connectivity index (χ4n) is 8.34. The van der Waals surface area contributed by atoms with Crippen LogP contribution in [-0.2, 0) is 4.74 Å². The lowest BCUT2D eigenvalue weighted by atomic mass is 9.44. The molecule has 1 spiro atoms. The molecule has 2 heteroatoms. The predicted molar refractivity (Wildman–Crippen MR) is 93.2 cm³/mol. The summed E-state index contributed by atoms with van der Waals surface area (Å²) in [7, 11) is 1.99. The first kappa shape index (κ1) is 15.2. The number of nitrogens with one attached hydrogen (secondary N) is 1. The van der Waals surface area contributed by atoms with Crippen LogP contribution < -0.4 is 5.32 Å². The van der Waals surface area contributed by atoms with E-state index in [1.807, 2.05) is 7.11 Å². The van der Waals surface area contributed by atoms with Gasteiger partial charge in [0.15, 0.2) is 0 Å². The highest BCUT2D eigenvalue weighted by atomic mass is 16.5. The van der Waals surface area contributed by atoms with Crippen LogP contribution in [0.5, 0.6) is 0 Å². The Morgan fingerprint density at radius 3 is 2.57 bits per heavy atom. The maximum absolute atomic E-state index is 6.13. The van der Waals surface area contributed by atoms with Crippen LogP contribution in [0.3, 0.4) is 0 Å². The summed E-state index contributed by atoms with van der Waals surface area (Å²) in [6.45, 7) is 6.43. The minimum atomic E-state index is 0.526. The molecule has 5 fully saturated rings. The molecule has 0 aromatic heterocycles. The van der Waals surface area contributed by atoms with Gasteiger partial charge in [0.1, 0.15) is 0 Å². The largest absolute Gasteiger partial charge is 0.381 e. The van der Waals surface area contributed by atoms with Gasteiger partial charge in [-0.2, -0.15) is 0 Å². The smallest absolute Gasteiger partial charge is 0.0607 e. The Labute approximate surface area is 142 Å². The number of fused-ring (bicyclic) bond motifs is 4. The van der Waals surface area contributed by atoms with Crippen molar-refractivity contribution in [3.63, 3.8) is 0 Å². The third kappa shape index (κ3) is 1.83. The second-order valence-electron chi connectivity index (χ2n) is 10.1. The Kier molecular flexibility index (Phi) is 3.29. The molecule has 0 amide bonds. The van der Waals surface area contributed by atoms with Gasteiger partial charge in [0.05, 0.1) is 6.10 Å². The minimum absolute atomic E-state index is 0.526. The lowest BCUT2D eigenvalue weighted by Gasteiger charge is -2.65. The summed E-state index contributed by atoms with van der Waals surface area (Å²) in [4.78, 5) is 0. The van der Waals surface area contributed by atoms with Gasteiger partial charge in [0.2, 0.25) is 0 Å². The van der Waals surface area contributed by atoms with Crippen LogP contribution in [0.4, 0.5) is 0 Å². The van der Waals surface area contributed by atoms with E-state index in [2.05, 4.69) is 19.2 Å². The molecule has 0 aromatic carbocycles. The summed E-state index contributed by atoms with van der Waals surface area (Å²) in [5.41, 5.74) is 1.12. The van der Waals surface area contributed by atoms with E-state index in [9.17, 15) is 0 Å². The molecule has 7 unspecified atom stereocenters. The van der Waals surface area contributed by atoms with Gasteiger partial charge in [-0.15, -0.1) is 0 Å². The van der Waals surface area contributed by atoms with Gasteiger partial charge in [-0.3, -0.25) is 0 Å². The standard InChI is InChI=1S/C21H35NO/c1-13-6-8-20(2)16-7-9-21-14(12-22-21)4-5-17(21)15(16)11-19(23-3)18(20)10-13/h13-19,22H,4-12H2,1-3H3/t13-,14?,15?,16?,17?,18-,19?,20?,21?/m1/s1. The Morgan fingerprint density at radius 2 is 1.83 bits per heavy atom. The highest BCUT2D eigenvalue weighted by Gasteiger charge is 2.65. The van der Waals surface area contributed by atoms with Crippen LogP contribution in [0.2, 0.25) is 0 Å². The second-order valence-corrected chi connectivity index (χ2v) is 10.1. The van der Waals surface area contributed by atoms with Crippen molar-refractivity contribution in [2.24, 2.45) is 40.9 Å². The van der Waals surface area contributed by atoms with Crippen LogP contribution in [-0.4, -0.2) is 25.3 Å². The molecule has 1 heterocycles. The highest BCUT2D eigenvalue weighted by Crippen LogP contribution is 2.66. The van der Waals surface area contributed by atoms with Crippen LogP contribution in [0.1, 0.15) is 65.2 Å². The first-order valence-corrected chi connectivity index (χ1v) is 10.4. The van der Waals surface area contributed by atoms with Crippen molar-refractivity contribution in [2.45, 2.75) is 76.9 Å². The maximum Gasteiger partial charge on any atom is 0.0607 e. The zero-order chi connectivity index (χ0) is 15.8. The molecule has 5 aliphatic rings. The van der Waals surface area contributed by atoms with Crippen LogP contribution in [0.15, 0.2) is 0 Å². The number of ether oxygens (including phenoxy) is 1. The van der Waals surface area contributed by atoms with E-state index in [1.54, 1.807) is 0 Å². The molecule has 0 bridgehead atoms. The van der Waals surface area contributed by atoms with Gasteiger partial charge in [-0.25, -0.2) is 0 Å². The summed E-state index contributed by atoms with van der Waals surface area (Å²) in [6, 6.07) is 0. The molecular formula is C21H35NO. The molecule has 1 saturated heterocycles. The number of hydrogen-bond donors (Lipinski definition) is 1. The molecule has 0 radical (unpaired) electrons. The molecule has 2 nitrogen and oxygen atoms in total. The fraction of sp³-hybridized carbons (Fsp3) is 1.00. The Balaban J connectivity index is 1.49. The Hall–Kier alpha value is -0.0800. The molecule has 4 aliphatic carbocycles. The summed E-state index contributed by atoms with van der Waals surface area (Å²) >= 11 is 0. The Bertz CT molecular complexity index is 492. The monoisotopic (exact) mass is 317 g/mol. The topological polar surface area (TPSA) is 21.3 Å². The van der Waals surface area contributed by atoms with E-state index in [4.69, 9.17) is 4.74 Å². The highest BCUT2D eigenvalue weighted by molar-refractivity contribution is 5.19. The van der Waals surface area contributed by atoms with E-state index >= 15 is 0 Å². The Morgan fingerprint density at radius 1 is 0.957 bits per heavy atom. The van der Waals surface area contributed by atoms with E-state index in [0.29, 0.717) is 17.1 Å². The fourth-order valence-corrected chi connectivity index (χ4v) is 8.34. The van der Waals surface area contributed by atoms with Crippen LogP contribution in [0, 0.1) is 40.9 Å². The zero-order valence-corrected chi connectivity index (χ0v) is 15.3. The molecular weight excluding hydrogens is 282 g/mol. The van der Waals surface area contributed by atoms with Gasteiger partial charge < -0.3 is 10.1 Å². The van der Waals surface area contributed by atoms with Crippen molar-refractivity contribution >= 4 is 0 Å². The molecule has 9 atom stereocenters.